The summed E-state index contributed by atoms with van der Waals surface area (Å²) in [4.78, 5) is 32.2. The van der Waals surface area contributed by atoms with Crippen LogP contribution in [0.4, 0.5) is 5.13 Å². The molecule has 5 aromatic rings. The second kappa shape index (κ2) is 12.3. The fourth-order valence-corrected chi connectivity index (χ4v) is 5.59. The van der Waals surface area contributed by atoms with Crippen LogP contribution >= 0.6 is 22.9 Å². The Bertz CT molecular complexity index is 1570. The molecule has 200 valence electrons. The van der Waals surface area contributed by atoms with E-state index in [-0.39, 0.29) is 18.2 Å². The SMILES string of the molecule is Cc1ccc(-c2nc(NC(=O)C[C@H](NC(=O)c3ccccc3Cl)c3ccccc3)sc2-c2ccc(C)cc2)cc1. The first-order valence-electron chi connectivity index (χ1n) is 12.9. The molecule has 40 heavy (non-hydrogen) atoms. The number of amides is 2. The zero-order valence-corrected chi connectivity index (χ0v) is 23.7. The van der Waals surface area contributed by atoms with Crippen molar-refractivity contribution in [3.8, 4) is 21.7 Å². The maximum atomic E-state index is 13.3. The molecule has 0 bridgehead atoms. The number of thiazole rings is 1. The number of carbonyl (C=O) groups is 2. The van der Waals surface area contributed by atoms with Gasteiger partial charge in [0.25, 0.3) is 5.91 Å². The number of aromatic nitrogens is 1. The maximum absolute atomic E-state index is 13.3. The van der Waals surface area contributed by atoms with Gasteiger partial charge in [0.15, 0.2) is 5.13 Å². The van der Waals surface area contributed by atoms with Gasteiger partial charge in [-0.3, -0.25) is 9.59 Å². The number of rotatable bonds is 8. The van der Waals surface area contributed by atoms with Crippen molar-refractivity contribution in [1.82, 2.24) is 10.3 Å². The molecule has 0 aliphatic carbocycles. The third-order valence-corrected chi connectivity index (χ3v) is 7.88. The van der Waals surface area contributed by atoms with Crippen molar-refractivity contribution in [3.05, 3.63) is 130 Å². The minimum Gasteiger partial charge on any atom is -0.345 e. The zero-order valence-electron chi connectivity index (χ0n) is 22.1. The van der Waals surface area contributed by atoms with E-state index in [1.165, 1.54) is 16.9 Å². The van der Waals surface area contributed by atoms with E-state index in [4.69, 9.17) is 16.6 Å². The van der Waals surface area contributed by atoms with Crippen molar-refractivity contribution in [3.63, 3.8) is 0 Å². The van der Waals surface area contributed by atoms with Gasteiger partial charge in [-0.2, -0.15) is 0 Å². The Morgan fingerprint density at radius 2 is 1.40 bits per heavy atom. The fraction of sp³-hybridized carbons (Fsp3) is 0.121. The van der Waals surface area contributed by atoms with Crippen molar-refractivity contribution < 1.29 is 9.59 Å². The molecular formula is C33H28ClN3O2S. The molecule has 7 heteroatoms. The Balaban J connectivity index is 1.41. The number of anilines is 1. The third-order valence-electron chi connectivity index (χ3n) is 6.53. The van der Waals surface area contributed by atoms with Crippen LogP contribution < -0.4 is 10.6 Å². The molecule has 1 aromatic heterocycles. The molecule has 0 aliphatic heterocycles. The molecule has 2 N–H and O–H groups in total. The minimum absolute atomic E-state index is 0.0273. The number of aryl methyl sites for hydroxylation is 2. The number of halogens is 1. The lowest BCUT2D eigenvalue weighted by Crippen LogP contribution is -2.31. The van der Waals surface area contributed by atoms with Crippen LogP contribution in [-0.2, 0) is 4.79 Å². The van der Waals surface area contributed by atoms with Crippen molar-refractivity contribution in [1.29, 1.82) is 0 Å². The van der Waals surface area contributed by atoms with Crippen LogP contribution in [0.3, 0.4) is 0 Å². The van der Waals surface area contributed by atoms with Gasteiger partial charge in [0.1, 0.15) is 0 Å². The first kappa shape index (κ1) is 27.3. The van der Waals surface area contributed by atoms with Crippen LogP contribution in [0.15, 0.2) is 103 Å². The molecular weight excluding hydrogens is 538 g/mol. The topological polar surface area (TPSA) is 71.1 Å². The molecule has 1 atom stereocenters. The molecule has 4 aromatic carbocycles. The average Bonchev–Trinajstić information content (AvgIpc) is 3.37. The lowest BCUT2D eigenvalue weighted by atomic mass is 10.0. The molecule has 2 amide bonds. The Hall–Kier alpha value is -4.26. The summed E-state index contributed by atoms with van der Waals surface area (Å²) in [6, 6.07) is 32.2. The molecule has 5 rings (SSSR count). The van der Waals surface area contributed by atoms with Gasteiger partial charge >= 0.3 is 0 Å². The van der Waals surface area contributed by atoms with Gasteiger partial charge in [-0.15, -0.1) is 0 Å². The van der Waals surface area contributed by atoms with Crippen LogP contribution in [0.1, 0.15) is 39.5 Å². The van der Waals surface area contributed by atoms with Crippen LogP contribution in [0.5, 0.6) is 0 Å². The van der Waals surface area contributed by atoms with E-state index in [2.05, 4.69) is 54.0 Å². The molecule has 0 spiro atoms. The standard InChI is InChI=1S/C33H28ClN3O2S/c1-21-12-16-24(17-13-21)30-31(25-18-14-22(2)15-19-25)40-33(37-30)36-29(38)20-28(23-8-4-3-5-9-23)35-32(39)26-10-6-7-11-27(26)34/h3-19,28H,20H2,1-2H3,(H,35,39)(H,36,37,38)/t28-/m0/s1. The lowest BCUT2D eigenvalue weighted by Gasteiger charge is -2.19. The molecule has 1 heterocycles. The van der Waals surface area contributed by atoms with Crippen molar-refractivity contribution in [2.24, 2.45) is 0 Å². The highest BCUT2D eigenvalue weighted by Crippen LogP contribution is 2.39. The van der Waals surface area contributed by atoms with Crippen LogP contribution in [0, 0.1) is 13.8 Å². The van der Waals surface area contributed by atoms with Gasteiger partial charge < -0.3 is 10.6 Å². The Labute approximate surface area is 242 Å². The summed E-state index contributed by atoms with van der Waals surface area (Å²) in [5.41, 5.74) is 6.34. The van der Waals surface area contributed by atoms with E-state index < -0.39 is 6.04 Å². The predicted molar refractivity (Wildman–Crippen MR) is 164 cm³/mol. The first-order chi connectivity index (χ1) is 19.4. The van der Waals surface area contributed by atoms with Crippen LogP contribution in [-0.4, -0.2) is 16.8 Å². The highest BCUT2D eigenvalue weighted by atomic mass is 35.5. The van der Waals surface area contributed by atoms with E-state index >= 15 is 0 Å². The summed E-state index contributed by atoms with van der Waals surface area (Å²) in [6.45, 7) is 4.10. The van der Waals surface area contributed by atoms with Crippen molar-refractivity contribution in [2.45, 2.75) is 26.3 Å². The minimum atomic E-state index is -0.557. The number of nitrogens with one attached hydrogen (secondary N) is 2. The van der Waals surface area contributed by atoms with E-state index in [1.54, 1.807) is 24.3 Å². The fourth-order valence-electron chi connectivity index (χ4n) is 4.36. The van der Waals surface area contributed by atoms with Crippen LogP contribution in [0.2, 0.25) is 5.02 Å². The number of benzene rings is 4. The van der Waals surface area contributed by atoms with Gasteiger partial charge in [0.2, 0.25) is 5.91 Å². The number of hydrogen-bond acceptors (Lipinski definition) is 4. The van der Waals surface area contributed by atoms with Crippen molar-refractivity contribution in [2.75, 3.05) is 5.32 Å². The molecule has 0 saturated carbocycles. The van der Waals surface area contributed by atoms with Gasteiger partial charge in [-0.25, -0.2) is 4.98 Å². The largest absolute Gasteiger partial charge is 0.345 e. The Morgan fingerprint density at radius 1 is 0.800 bits per heavy atom. The average molecular weight is 566 g/mol. The highest BCUT2D eigenvalue weighted by Gasteiger charge is 2.22. The quantitative estimate of drug-likeness (QED) is 0.199. The van der Waals surface area contributed by atoms with E-state index in [9.17, 15) is 9.59 Å². The molecule has 5 nitrogen and oxygen atoms in total. The van der Waals surface area contributed by atoms with E-state index in [0.29, 0.717) is 15.7 Å². The normalized spacial score (nSPS) is 11.6. The summed E-state index contributed by atoms with van der Waals surface area (Å²) in [5.74, 6) is -0.599. The smallest absolute Gasteiger partial charge is 0.253 e. The van der Waals surface area contributed by atoms with Crippen molar-refractivity contribution >= 4 is 39.9 Å². The number of nitrogens with zero attached hydrogens (tertiary/aromatic N) is 1. The summed E-state index contributed by atoms with van der Waals surface area (Å²) in [7, 11) is 0. The van der Waals surface area contributed by atoms with Crippen LogP contribution in [0.25, 0.3) is 21.7 Å². The summed E-state index contributed by atoms with van der Waals surface area (Å²) in [6.07, 6.45) is 0.0273. The molecule has 0 saturated heterocycles. The monoisotopic (exact) mass is 565 g/mol. The number of carbonyl (C=O) groups excluding carboxylic acids is 2. The first-order valence-corrected chi connectivity index (χ1v) is 14.1. The maximum Gasteiger partial charge on any atom is 0.253 e. The molecule has 0 aliphatic rings. The zero-order chi connectivity index (χ0) is 28.1. The molecule has 0 unspecified atom stereocenters. The summed E-state index contributed by atoms with van der Waals surface area (Å²) >= 11 is 7.68. The lowest BCUT2D eigenvalue weighted by molar-refractivity contribution is -0.116. The second-order valence-electron chi connectivity index (χ2n) is 9.60. The predicted octanol–water partition coefficient (Wildman–Crippen LogP) is 8.25. The van der Waals surface area contributed by atoms with Gasteiger partial charge in [-0.05, 0) is 37.1 Å². The number of hydrogen-bond donors (Lipinski definition) is 2. The van der Waals surface area contributed by atoms with Gasteiger partial charge in [0.05, 0.1) is 33.6 Å². The van der Waals surface area contributed by atoms with E-state index in [0.717, 1.165) is 32.8 Å². The van der Waals surface area contributed by atoms with Gasteiger partial charge in [0, 0.05) is 5.56 Å². The second-order valence-corrected chi connectivity index (χ2v) is 11.0. The van der Waals surface area contributed by atoms with Gasteiger partial charge in [-0.1, -0.05) is 125 Å². The summed E-state index contributed by atoms with van der Waals surface area (Å²) < 4.78 is 0. The van der Waals surface area contributed by atoms with E-state index in [1.807, 2.05) is 49.4 Å². The Morgan fingerprint density at radius 3 is 2.05 bits per heavy atom. The highest BCUT2D eigenvalue weighted by molar-refractivity contribution is 7.19. The summed E-state index contributed by atoms with van der Waals surface area (Å²) in [5, 5.41) is 6.82. The Kier molecular flexibility index (Phi) is 8.39. The molecule has 0 radical (unpaired) electrons. The third kappa shape index (κ3) is 6.47. The molecule has 0 fully saturated rings.